The summed E-state index contributed by atoms with van der Waals surface area (Å²) in [5, 5.41) is 5.91. The van der Waals surface area contributed by atoms with Gasteiger partial charge in [-0.05, 0) is 19.4 Å². The second kappa shape index (κ2) is 6.38. The number of oxazole rings is 1. The predicted molar refractivity (Wildman–Crippen MR) is 77.2 cm³/mol. The fourth-order valence-electron chi connectivity index (χ4n) is 1.54. The summed E-state index contributed by atoms with van der Waals surface area (Å²) < 4.78 is 5.07. The first-order valence-corrected chi connectivity index (χ1v) is 6.61. The van der Waals surface area contributed by atoms with Crippen LogP contribution in [-0.4, -0.2) is 22.4 Å². The third-order valence-electron chi connectivity index (χ3n) is 2.50. The van der Waals surface area contributed by atoms with Crippen molar-refractivity contribution in [3.8, 4) is 0 Å². The Bertz CT molecular complexity index is 612. The number of halogens is 1. The van der Waals surface area contributed by atoms with Gasteiger partial charge in [0.15, 0.2) is 0 Å². The van der Waals surface area contributed by atoms with Gasteiger partial charge in [0.1, 0.15) is 12.1 Å². The molecular formula is C13H15ClN4O2. The van der Waals surface area contributed by atoms with E-state index in [1.54, 1.807) is 13.0 Å². The lowest BCUT2D eigenvalue weighted by atomic mass is 10.2. The highest BCUT2D eigenvalue weighted by molar-refractivity contribution is 6.34. The van der Waals surface area contributed by atoms with Crippen molar-refractivity contribution in [1.29, 1.82) is 0 Å². The fourth-order valence-corrected chi connectivity index (χ4v) is 1.73. The number of aryl methyl sites for hydroxylation is 1. The lowest BCUT2D eigenvalue weighted by Crippen LogP contribution is -2.14. The Labute approximate surface area is 121 Å². The molecule has 0 radical (unpaired) electrons. The van der Waals surface area contributed by atoms with Crippen LogP contribution < -0.4 is 10.6 Å². The summed E-state index contributed by atoms with van der Waals surface area (Å²) in [5.74, 6) is 0.212. The molecule has 6 nitrogen and oxygen atoms in total. The van der Waals surface area contributed by atoms with Crippen LogP contribution in [0.15, 0.2) is 22.9 Å². The zero-order valence-electron chi connectivity index (χ0n) is 11.2. The van der Waals surface area contributed by atoms with Gasteiger partial charge >= 0.3 is 6.01 Å². The van der Waals surface area contributed by atoms with Crippen molar-refractivity contribution in [3.63, 3.8) is 0 Å². The molecule has 0 bridgehead atoms. The summed E-state index contributed by atoms with van der Waals surface area (Å²) in [6.45, 7) is 4.58. The van der Waals surface area contributed by atoms with Gasteiger partial charge in [0, 0.05) is 12.7 Å². The summed E-state index contributed by atoms with van der Waals surface area (Å²) in [5.41, 5.74) is 1.00. The Morgan fingerprint density at radius 1 is 1.50 bits per heavy atom. The molecule has 0 saturated heterocycles. The molecule has 2 rings (SSSR count). The van der Waals surface area contributed by atoms with E-state index in [9.17, 15) is 4.79 Å². The number of nitrogens with one attached hydrogen (secondary N) is 2. The summed E-state index contributed by atoms with van der Waals surface area (Å²) >= 11 is 5.99. The smallest absolute Gasteiger partial charge is 0.301 e. The van der Waals surface area contributed by atoms with Crippen molar-refractivity contribution >= 4 is 29.3 Å². The molecule has 2 aromatic heterocycles. The monoisotopic (exact) mass is 294 g/mol. The Balaban J connectivity index is 2.15. The summed E-state index contributed by atoms with van der Waals surface area (Å²) in [6, 6.07) is 1.74. The van der Waals surface area contributed by atoms with Gasteiger partial charge in [-0.15, -0.1) is 0 Å². The number of pyridine rings is 1. The van der Waals surface area contributed by atoms with E-state index >= 15 is 0 Å². The van der Waals surface area contributed by atoms with E-state index in [0.717, 1.165) is 13.0 Å². The molecule has 0 saturated carbocycles. The molecule has 0 fully saturated rings. The Morgan fingerprint density at radius 2 is 2.30 bits per heavy atom. The lowest BCUT2D eigenvalue weighted by Gasteiger charge is -2.07. The Morgan fingerprint density at radius 3 is 2.95 bits per heavy atom. The number of hydrogen-bond acceptors (Lipinski definition) is 5. The largest absolute Gasteiger partial charge is 0.432 e. The van der Waals surface area contributed by atoms with E-state index in [4.69, 9.17) is 16.0 Å². The van der Waals surface area contributed by atoms with Gasteiger partial charge in [-0.25, -0.2) is 4.98 Å². The number of carbonyl (C=O) groups excluding carboxylic acids is 1. The fraction of sp³-hybridized carbons (Fsp3) is 0.308. The van der Waals surface area contributed by atoms with Gasteiger partial charge in [-0.2, -0.15) is 4.98 Å². The summed E-state index contributed by atoms with van der Waals surface area (Å²) in [6.07, 6.45) is 3.86. The van der Waals surface area contributed by atoms with Crippen molar-refractivity contribution in [3.05, 3.63) is 34.8 Å². The highest BCUT2D eigenvalue weighted by Gasteiger charge is 2.14. The van der Waals surface area contributed by atoms with E-state index in [2.05, 4.69) is 20.6 Å². The van der Waals surface area contributed by atoms with E-state index < -0.39 is 5.91 Å². The Kier molecular flexibility index (Phi) is 4.57. The van der Waals surface area contributed by atoms with Crippen LogP contribution in [0.2, 0.25) is 5.02 Å². The zero-order chi connectivity index (χ0) is 14.5. The SMILES string of the molecule is CCCNc1cc(C(=O)Nc2nc(C)co2)c(Cl)cn1. The number of carbonyl (C=O) groups is 1. The molecule has 0 unspecified atom stereocenters. The van der Waals surface area contributed by atoms with Crippen LogP contribution in [0.1, 0.15) is 29.4 Å². The minimum absolute atomic E-state index is 0.142. The molecule has 2 heterocycles. The maximum Gasteiger partial charge on any atom is 0.301 e. The number of anilines is 2. The average Bonchev–Trinajstić information content (AvgIpc) is 2.83. The van der Waals surface area contributed by atoms with E-state index in [1.807, 2.05) is 6.92 Å². The van der Waals surface area contributed by atoms with Crippen molar-refractivity contribution in [2.45, 2.75) is 20.3 Å². The molecule has 20 heavy (non-hydrogen) atoms. The molecule has 0 aliphatic heterocycles. The van der Waals surface area contributed by atoms with Crippen LogP contribution in [-0.2, 0) is 0 Å². The van der Waals surface area contributed by atoms with Gasteiger partial charge in [0.05, 0.1) is 16.3 Å². The van der Waals surface area contributed by atoms with Crippen LogP contribution in [0.25, 0.3) is 0 Å². The van der Waals surface area contributed by atoms with Gasteiger partial charge < -0.3 is 9.73 Å². The van der Waals surface area contributed by atoms with Crippen LogP contribution in [0.5, 0.6) is 0 Å². The van der Waals surface area contributed by atoms with Crippen LogP contribution >= 0.6 is 11.6 Å². The highest BCUT2D eigenvalue weighted by Crippen LogP contribution is 2.19. The van der Waals surface area contributed by atoms with Crippen LogP contribution in [0.3, 0.4) is 0 Å². The quantitative estimate of drug-likeness (QED) is 0.885. The predicted octanol–water partition coefficient (Wildman–Crippen LogP) is 3.11. The number of rotatable bonds is 5. The molecule has 2 N–H and O–H groups in total. The van der Waals surface area contributed by atoms with Crippen LogP contribution in [0, 0.1) is 6.92 Å². The molecular weight excluding hydrogens is 280 g/mol. The molecule has 7 heteroatoms. The number of nitrogens with zero attached hydrogens (tertiary/aromatic N) is 2. The highest BCUT2D eigenvalue weighted by atomic mass is 35.5. The first kappa shape index (κ1) is 14.3. The zero-order valence-corrected chi connectivity index (χ0v) is 12.0. The average molecular weight is 295 g/mol. The molecule has 0 spiro atoms. The third-order valence-corrected chi connectivity index (χ3v) is 2.80. The minimum Gasteiger partial charge on any atom is -0.432 e. The standard InChI is InChI=1S/C13H15ClN4O2/c1-3-4-15-11-5-9(10(14)6-16-11)12(19)18-13-17-8(2)7-20-13/h5-7H,3-4H2,1-2H3,(H,15,16)(H,17,18,19). The van der Waals surface area contributed by atoms with Gasteiger partial charge in [0.25, 0.3) is 5.91 Å². The van der Waals surface area contributed by atoms with E-state index in [1.165, 1.54) is 12.5 Å². The molecule has 0 aliphatic rings. The molecule has 0 aliphatic carbocycles. The van der Waals surface area contributed by atoms with Crippen molar-refractivity contribution in [2.24, 2.45) is 0 Å². The molecule has 1 amide bonds. The maximum atomic E-state index is 12.1. The number of aromatic nitrogens is 2. The lowest BCUT2D eigenvalue weighted by molar-refractivity contribution is 0.102. The molecule has 0 aromatic carbocycles. The van der Waals surface area contributed by atoms with Gasteiger partial charge in [0.2, 0.25) is 0 Å². The van der Waals surface area contributed by atoms with Gasteiger partial charge in [-0.3, -0.25) is 10.1 Å². The third kappa shape index (κ3) is 3.48. The van der Waals surface area contributed by atoms with Gasteiger partial charge in [-0.1, -0.05) is 18.5 Å². The maximum absolute atomic E-state index is 12.1. The normalized spacial score (nSPS) is 10.3. The van der Waals surface area contributed by atoms with E-state index in [0.29, 0.717) is 17.1 Å². The minimum atomic E-state index is -0.390. The molecule has 2 aromatic rings. The number of hydrogen-bond donors (Lipinski definition) is 2. The number of amides is 1. The second-order valence-electron chi connectivity index (χ2n) is 4.22. The second-order valence-corrected chi connectivity index (χ2v) is 4.63. The molecule has 106 valence electrons. The first-order valence-electron chi connectivity index (χ1n) is 6.23. The first-order chi connectivity index (χ1) is 9.60. The van der Waals surface area contributed by atoms with Crippen molar-refractivity contribution in [2.75, 3.05) is 17.2 Å². The Hall–Kier alpha value is -2.08. The summed E-state index contributed by atoms with van der Waals surface area (Å²) in [7, 11) is 0. The van der Waals surface area contributed by atoms with Crippen molar-refractivity contribution in [1.82, 2.24) is 9.97 Å². The van der Waals surface area contributed by atoms with E-state index in [-0.39, 0.29) is 11.0 Å². The van der Waals surface area contributed by atoms with Crippen molar-refractivity contribution < 1.29 is 9.21 Å². The van der Waals surface area contributed by atoms with Crippen LogP contribution in [0.4, 0.5) is 11.8 Å². The topological polar surface area (TPSA) is 80.0 Å². The summed E-state index contributed by atoms with van der Waals surface area (Å²) in [4.78, 5) is 20.2. The molecule has 0 atom stereocenters.